The maximum absolute atomic E-state index is 10.8. The minimum Gasteiger partial charge on any atom is -0.507 e. The SMILES string of the molecule is CNc1c([N+](=O)[O-])cnc2cccc(O)c12. The third-order valence-corrected chi connectivity index (χ3v) is 2.30. The van der Waals surface area contributed by atoms with Gasteiger partial charge in [-0.2, -0.15) is 0 Å². The van der Waals surface area contributed by atoms with Gasteiger partial charge in [0.2, 0.25) is 0 Å². The summed E-state index contributed by atoms with van der Waals surface area (Å²) in [6.07, 6.45) is 1.17. The summed E-state index contributed by atoms with van der Waals surface area (Å²) in [5.74, 6) is -0.0296. The molecular formula is C10H9N3O3. The Morgan fingerprint density at radius 1 is 1.50 bits per heavy atom. The van der Waals surface area contributed by atoms with Gasteiger partial charge in [0.15, 0.2) is 0 Å². The Bertz CT molecular complexity index is 568. The number of nitrogens with one attached hydrogen (secondary N) is 1. The highest BCUT2D eigenvalue weighted by molar-refractivity contribution is 5.99. The van der Waals surface area contributed by atoms with Crippen molar-refractivity contribution in [3.63, 3.8) is 0 Å². The van der Waals surface area contributed by atoms with E-state index in [1.807, 2.05) is 0 Å². The molecule has 0 aliphatic rings. The zero-order valence-corrected chi connectivity index (χ0v) is 8.47. The van der Waals surface area contributed by atoms with Crippen molar-refractivity contribution in [3.8, 4) is 5.75 Å². The van der Waals surface area contributed by atoms with E-state index in [1.165, 1.54) is 12.3 Å². The van der Waals surface area contributed by atoms with E-state index in [-0.39, 0.29) is 17.1 Å². The van der Waals surface area contributed by atoms with Crippen molar-refractivity contribution in [2.75, 3.05) is 12.4 Å². The second-order valence-corrected chi connectivity index (χ2v) is 3.20. The second-order valence-electron chi connectivity index (χ2n) is 3.20. The van der Waals surface area contributed by atoms with Gasteiger partial charge in [0, 0.05) is 7.05 Å². The second kappa shape index (κ2) is 3.65. The molecule has 2 aromatic rings. The zero-order chi connectivity index (χ0) is 11.7. The van der Waals surface area contributed by atoms with E-state index in [0.29, 0.717) is 10.9 Å². The van der Waals surface area contributed by atoms with Crippen molar-refractivity contribution in [1.29, 1.82) is 0 Å². The fourth-order valence-electron chi connectivity index (χ4n) is 1.61. The number of rotatable bonds is 2. The molecule has 1 heterocycles. The van der Waals surface area contributed by atoms with Crippen LogP contribution in [0.3, 0.4) is 0 Å². The first-order valence-corrected chi connectivity index (χ1v) is 4.58. The molecule has 0 amide bonds. The van der Waals surface area contributed by atoms with Gasteiger partial charge >= 0.3 is 5.69 Å². The molecule has 6 heteroatoms. The van der Waals surface area contributed by atoms with E-state index in [9.17, 15) is 15.2 Å². The van der Waals surface area contributed by atoms with E-state index in [1.54, 1.807) is 19.2 Å². The predicted octanol–water partition coefficient (Wildman–Crippen LogP) is 1.89. The summed E-state index contributed by atoms with van der Waals surface area (Å²) in [5, 5.41) is 23.5. The molecule has 1 aromatic carbocycles. The Morgan fingerprint density at radius 3 is 2.88 bits per heavy atom. The van der Waals surface area contributed by atoms with E-state index in [2.05, 4.69) is 10.3 Å². The van der Waals surface area contributed by atoms with Crippen LogP contribution in [0, 0.1) is 10.1 Å². The largest absolute Gasteiger partial charge is 0.507 e. The minimum atomic E-state index is -0.537. The number of phenolic OH excluding ortho intramolecular Hbond substituents is 1. The van der Waals surface area contributed by atoms with Gasteiger partial charge in [0.1, 0.15) is 17.6 Å². The summed E-state index contributed by atoms with van der Waals surface area (Å²) >= 11 is 0. The van der Waals surface area contributed by atoms with Crippen molar-refractivity contribution >= 4 is 22.3 Å². The van der Waals surface area contributed by atoms with Crippen LogP contribution in [-0.4, -0.2) is 22.1 Å². The summed E-state index contributed by atoms with van der Waals surface area (Å²) in [6.45, 7) is 0. The average Bonchev–Trinajstić information content (AvgIpc) is 2.27. The minimum absolute atomic E-state index is 0.0296. The molecule has 1 aromatic heterocycles. The number of pyridine rings is 1. The summed E-state index contributed by atoms with van der Waals surface area (Å²) < 4.78 is 0. The topological polar surface area (TPSA) is 88.3 Å². The van der Waals surface area contributed by atoms with Crippen LogP contribution in [0.2, 0.25) is 0 Å². The lowest BCUT2D eigenvalue weighted by Gasteiger charge is -2.07. The van der Waals surface area contributed by atoms with Gasteiger partial charge < -0.3 is 10.4 Å². The van der Waals surface area contributed by atoms with Crippen molar-refractivity contribution in [1.82, 2.24) is 4.98 Å². The number of hydrogen-bond acceptors (Lipinski definition) is 5. The molecule has 6 nitrogen and oxygen atoms in total. The quantitative estimate of drug-likeness (QED) is 0.594. The van der Waals surface area contributed by atoms with Crippen LogP contribution in [0.25, 0.3) is 10.9 Å². The normalized spacial score (nSPS) is 10.3. The third-order valence-electron chi connectivity index (χ3n) is 2.30. The van der Waals surface area contributed by atoms with E-state index < -0.39 is 4.92 Å². The van der Waals surface area contributed by atoms with E-state index in [4.69, 9.17) is 0 Å². The van der Waals surface area contributed by atoms with Gasteiger partial charge in [-0.05, 0) is 12.1 Å². The molecule has 16 heavy (non-hydrogen) atoms. The molecule has 0 saturated carbocycles. The van der Waals surface area contributed by atoms with E-state index >= 15 is 0 Å². The van der Waals surface area contributed by atoms with Gasteiger partial charge in [0.05, 0.1) is 15.8 Å². The zero-order valence-electron chi connectivity index (χ0n) is 8.47. The number of nitrogens with zero attached hydrogens (tertiary/aromatic N) is 2. The molecule has 0 bridgehead atoms. The van der Waals surface area contributed by atoms with Gasteiger partial charge in [-0.15, -0.1) is 0 Å². The molecule has 2 rings (SSSR count). The molecule has 0 unspecified atom stereocenters. The molecule has 2 N–H and O–H groups in total. The molecular weight excluding hydrogens is 210 g/mol. The van der Waals surface area contributed by atoms with Crippen LogP contribution in [0.5, 0.6) is 5.75 Å². The molecule has 0 spiro atoms. The fraction of sp³-hybridized carbons (Fsp3) is 0.100. The Hall–Kier alpha value is -2.37. The van der Waals surface area contributed by atoms with Crippen LogP contribution in [0.4, 0.5) is 11.4 Å². The Balaban J connectivity index is 2.89. The Labute approximate surface area is 90.7 Å². The highest BCUT2D eigenvalue weighted by Gasteiger charge is 2.18. The van der Waals surface area contributed by atoms with Crippen molar-refractivity contribution in [3.05, 3.63) is 34.5 Å². The number of nitro groups is 1. The summed E-state index contributed by atoms with van der Waals surface area (Å²) in [6, 6.07) is 4.78. The van der Waals surface area contributed by atoms with Crippen LogP contribution in [0.1, 0.15) is 0 Å². The Morgan fingerprint density at radius 2 is 2.25 bits per heavy atom. The predicted molar refractivity (Wildman–Crippen MR) is 59.6 cm³/mol. The monoisotopic (exact) mass is 219 g/mol. The van der Waals surface area contributed by atoms with Gasteiger partial charge in [-0.25, -0.2) is 4.98 Å². The molecule has 0 aliphatic heterocycles. The Kier molecular flexibility index (Phi) is 2.32. The van der Waals surface area contributed by atoms with E-state index in [0.717, 1.165) is 0 Å². The number of aromatic hydroxyl groups is 1. The lowest BCUT2D eigenvalue weighted by atomic mass is 10.1. The number of fused-ring (bicyclic) bond motifs is 1. The van der Waals surface area contributed by atoms with Crippen molar-refractivity contribution in [2.24, 2.45) is 0 Å². The molecule has 0 atom stereocenters. The smallest absolute Gasteiger partial charge is 0.311 e. The van der Waals surface area contributed by atoms with Gasteiger partial charge in [-0.3, -0.25) is 10.1 Å². The number of benzene rings is 1. The van der Waals surface area contributed by atoms with Crippen LogP contribution >= 0.6 is 0 Å². The first kappa shape index (κ1) is 10.2. The maximum Gasteiger partial charge on any atom is 0.311 e. The third kappa shape index (κ3) is 1.40. The fourth-order valence-corrected chi connectivity index (χ4v) is 1.61. The first-order chi connectivity index (χ1) is 7.65. The molecule has 0 aliphatic carbocycles. The van der Waals surface area contributed by atoms with Crippen LogP contribution < -0.4 is 5.32 Å². The average molecular weight is 219 g/mol. The summed E-state index contributed by atoms with van der Waals surface area (Å²) in [4.78, 5) is 14.2. The highest BCUT2D eigenvalue weighted by Crippen LogP contribution is 2.36. The lowest BCUT2D eigenvalue weighted by molar-refractivity contribution is -0.384. The summed E-state index contributed by atoms with van der Waals surface area (Å²) in [5.41, 5.74) is 0.625. The number of phenols is 1. The van der Waals surface area contributed by atoms with Crippen molar-refractivity contribution in [2.45, 2.75) is 0 Å². The maximum atomic E-state index is 10.8. The first-order valence-electron chi connectivity index (χ1n) is 4.58. The molecule has 0 fully saturated rings. The molecule has 82 valence electrons. The summed E-state index contributed by atoms with van der Waals surface area (Å²) in [7, 11) is 1.56. The van der Waals surface area contributed by atoms with Crippen LogP contribution in [0.15, 0.2) is 24.4 Å². The number of anilines is 1. The van der Waals surface area contributed by atoms with Gasteiger partial charge in [-0.1, -0.05) is 6.07 Å². The van der Waals surface area contributed by atoms with Crippen molar-refractivity contribution < 1.29 is 10.0 Å². The lowest BCUT2D eigenvalue weighted by Crippen LogP contribution is -1.98. The number of aromatic nitrogens is 1. The molecule has 0 radical (unpaired) electrons. The molecule has 0 saturated heterocycles. The standard InChI is InChI=1S/C10H9N3O3/c1-11-10-7(13(15)16)5-12-6-3-2-4-8(14)9(6)10/h2-5,14H,1H3,(H,11,12). The number of hydrogen-bond donors (Lipinski definition) is 2. The van der Waals surface area contributed by atoms with Crippen LogP contribution in [-0.2, 0) is 0 Å². The van der Waals surface area contributed by atoms with Gasteiger partial charge in [0.25, 0.3) is 0 Å². The highest BCUT2D eigenvalue weighted by atomic mass is 16.6.